The fourth-order valence-electron chi connectivity index (χ4n) is 1.56. The third-order valence-electron chi connectivity index (χ3n) is 2.24. The van der Waals surface area contributed by atoms with Crippen LogP contribution in [0.2, 0.25) is 0 Å². The van der Waals surface area contributed by atoms with Gasteiger partial charge in [0, 0.05) is 11.7 Å². The zero-order valence-electron chi connectivity index (χ0n) is 11.8. The van der Waals surface area contributed by atoms with Crippen LogP contribution in [-0.4, -0.2) is 17.7 Å². The average Bonchev–Trinajstić information content (AvgIpc) is 2.18. The molecule has 0 saturated carbocycles. The van der Waals surface area contributed by atoms with Gasteiger partial charge in [-0.25, -0.2) is 9.18 Å². The van der Waals surface area contributed by atoms with Crippen molar-refractivity contribution in [1.82, 2.24) is 0 Å². The Balaban J connectivity index is 2.71. The SMILES string of the molecule is C[C@@H](N)Cc1ccc(NC(=O)OC(C)(C)C)cc1F. The van der Waals surface area contributed by atoms with E-state index in [2.05, 4.69) is 5.32 Å². The highest BCUT2D eigenvalue weighted by Crippen LogP contribution is 2.17. The number of carbonyl (C=O) groups is 1. The maximum absolute atomic E-state index is 13.8. The number of amides is 1. The summed E-state index contributed by atoms with van der Waals surface area (Å²) in [5.41, 5.74) is 5.93. The van der Waals surface area contributed by atoms with Crippen molar-refractivity contribution in [3.8, 4) is 0 Å². The van der Waals surface area contributed by atoms with Gasteiger partial charge in [-0.3, -0.25) is 5.32 Å². The molecule has 0 bridgehead atoms. The van der Waals surface area contributed by atoms with Crippen LogP contribution in [0.1, 0.15) is 33.3 Å². The molecular weight excluding hydrogens is 247 g/mol. The van der Waals surface area contributed by atoms with E-state index in [1.165, 1.54) is 6.07 Å². The molecule has 0 unspecified atom stereocenters. The van der Waals surface area contributed by atoms with E-state index in [4.69, 9.17) is 10.5 Å². The molecule has 0 radical (unpaired) electrons. The molecule has 0 saturated heterocycles. The van der Waals surface area contributed by atoms with Crippen LogP contribution in [0.15, 0.2) is 18.2 Å². The third kappa shape index (κ3) is 5.70. The molecule has 5 heteroatoms. The third-order valence-corrected chi connectivity index (χ3v) is 2.24. The number of hydrogen-bond acceptors (Lipinski definition) is 3. The van der Waals surface area contributed by atoms with E-state index in [0.717, 1.165) is 0 Å². The lowest BCUT2D eigenvalue weighted by Gasteiger charge is -2.19. The van der Waals surface area contributed by atoms with Crippen molar-refractivity contribution in [1.29, 1.82) is 0 Å². The van der Waals surface area contributed by atoms with Crippen molar-refractivity contribution in [3.63, 3.8) is 0 Å². The molecule has 106 valence electrons. The minimum absolute atomic E-state index is 0.112. The molecule has 19 heavy (non-hydrogen) atoms. The lowest BCUT2D eigenvalue weighted by atomic mass is 10.1. The summed E-state index contributed by atoms with van der Waals surface area (Å²) in [6, 6.07) is 4.40. The molecule has 0 aliphatic rings. The Hall–Kier alpha value is -1.62. The molecule has 1 aromatic carbocycles. The van der Waals surface area contributed by atoms with Gasteiger partial charge in [-0.2, -0.15) is 0 Å². The molecule has 0 aromatic heterocycles. The molecule has 0 fully saturated rings. The number of nitrogens with one attached hydrogen (secondary N) is 1. The first-order valence-electron chi connectivity index (χ1n) is 6.21. The minimum Gasteiger partial charge on any atom is -0.444 e. The lowest BCUT2D eigenvalue weighted by Crippen LogP contribution is -2.27. The zero-order valence-corrected chi connectivity index (χ0v) is 11.8. The summed E-state index contributed by atoms with van der Waals surface area (Å²) in [7, 11) is 0. The second kappa shape index (κ2) is 6.02. The van der Waals surface area contributed by atoms with Gasteiger partial charge in [0.15, 0.2) is 0 Å². The number of hydrogen-bond donors (Lipinski definition) is 2. The van der Waals surface area contributed by atoms with Gasteiger partial charge in [0.1, 0.15) is 11.4 Å². The molecule has 1 rings (SSSR count). The number of carbonyl (C=O) groups excluding carboxylic acids is 1. The highest BCUT2D eigenvalue weighted by molar-refractivity contribution is 5.84. The Labute approximate surface area is 113 Å². The quantitative estimate of drug-likeness (QED) is 0.885. The van der Waals surface area contributed by atoms with E-state index >= 15 is 0 Å². The molecule has 0 aliphatic heterocycles. The molecule has 0 heterocycles. The Kier molecular flexibility index (Phi) is 4.89. The number of anilines is 1. The first-order valence-corrected chi connectivity index (χ1v) is 6.21. The van der Waals surface area contributed by atoms with E-state index in [1.807, 2.05) is 6.92 Å². The Morgan fingerprint density at radius 1 is 1.47 bits per heavy atom. The van der Waals surface area contributed by atoms with E-state index in [9.17, 15) is 9.18 Å². The largest absolute Gasteiger partial charge is 0.444 e. The predicted octanol–water partition coefficient (Wildman–Crippen LogP) is 3.06. The fourth-order valence-corrected chi connectivity index (χ4v) is 1.56. The van der Waals surface area contributed by atoms with Crippen LogP contribution in [0, 0.1) is 5.82 Å². The van der Waals surface area contributed by atoms with Gasteiger partial charge in [-0.1, -0.05) is 6.07 Å². The van der Waals surface area contributed by atoms with Crippen LogP contribution < -0.4 is 11.1 Å². The maximum Gasteiger partial charge on any atom is 0.412 e. The molecule has 0 spiro atoms. The van der Waals surface area contributed by atoms with Crippen LogP contribution >= 0.6 is 0 Å². The van der Waals surface area contributed by atoms with Crippen LogP contribution in [-0.2, 0) is 11.2 Å². The monoisotopic (exact) mass is 268 g/mol. The molecular formula is C14H21FN2O2. The number of benzene rings is 1. The van der Waals surface area contributed by atoms with Crippen molar-refractivity contribution >= 4 is 11.8 Å². The topological polar surface area (TPSA) is 64.3 Å². The van der Waals surface area contributed by atoms with Gasteiger partial charge >= 0.3 is 6.09 Å². The molecule has 4 nitrogen and oxygen atoms in total. The standard InChI is InChI=1S/C14H21FN2O2/c1-9(16)7-10-5-6-11(8-12(10)15)17-13(18)19-14(2,3)4/h5-6,8-9H,7,16H2,1-4H3,(H,17,18)/t9-/m1/s1. The van der Waals surface area contributed by atoms with Crippen LogP contribution in [0.3, 0.4) is 0 Å². The molecule has 1 aromatic rings. The average molecular weight is 268 g/mol. The molecule has 1 amide bonds. The summed E-state index contributed by atoms with van der Waals surface area (Å²) in [5.74, 6) is -0.383. The zero-order chi connectivity index (χ0) is 14.6. The van der Waals surface area contributed by atoms with Gasteiger partial charge in [-0.15, -0.1) is 0 Å². The van der Waals surface area contributed by atoms with E-state index in [1.54, 1.807) is 32.9 Å². The lowest BCUT2D eigenvalue weighted by molar-refractivity contribution is 0.0636. The van der Waals surface area contributed by atoms with Crippen molar-refractivity contribution < 1.29 is 13.9 Å². The summed E-state index contributed by atoms with van der Waals surface area (Å²) in [6.07, 6.45) is -0.148. The van der Waals surface area contributed by atoms with Gasteiger partial charge in [0.25, 0.3) is 0 Å². The summed E-state index contributed by atoms with van der Waals surface area (Å²) in [4.78, 5) is 11.5. The van der Waals surface area contributed by atoms with E-state index < -0.39 is 11.7 Å². The van der Waals surface area contributed by atoms with Crippen molar-refractivity contribution in [2.24, 2.45) is 5.73 Å². The normalized spacial score (nSPS) is 12.9. The van der Waals surface area contributed by atoms with E-state index in [-0.39, 0.29) is 11.9 Å². The number of ether oxygens (including phenoxy) is 1. The van der Waals surface area contributed by atoms with Crippen LogP contribution in [0.5, 0.6) is 0 Å². The highest BCUT2D eigenvalue weighted by Gasteiger charge is 2.16. The Morgan fingerprint density at radius 2 is 2.11 bits per heavy atom. The molecule has 1 atom stereocenters. The molecule has 0 aliphatic carbocycles. The second-order valence-electron chi connectivity index (χ2n) is 5.61. The Morgan fingerprint density at radius 3 is 2.58 bits per heavy atom. The highest BCUT2D eigenvalue weighted by atomic mass is 19.1. The fraction of sp³-hybridized carbons (Fsp3) is 0.500. The van der Waals surface area contributed by atoms with Crippen molar-refractivity contribution in [2.45, 2.75) is 45.8 Å². The predicted molar refractivity (Wildman–Crippen MR) is 73.6 cm³/mol. The smallest absolute Gasteiger partial charge is 0.412 e. The number of rotatable bonds is 3. The first-order chi connectivity index (χ1) is 8.67. The summed E-state index contributed by atoms with van der Waals surface area (Å²) < 4.78 is 18.8. The summed E-state index contributed by atoms with van der Waals surface area (Å²) in [6.45, 7) is 7.10. The second-order valence-corrected chi connectivity index (χ2v) is 5.61. The first kappa shape index (κ1) is 15.4. The number of halogens is 1. The Bertz CT molecular complexity index is 453. The summed E-state index contributed by atoms with van der Waals surface area (Å²) >= 11 is 0. The van der Waals surface area contributed by atoms with Gasteiger partial charge in [0.2, 0.25) is 0 Å². The maximum atomic E-state index is 13.8. The number of nitrogens with two attached hydrogens (primary N) is 1. The van der Waals surface area contributed by atoms with Gasteiger partial charge in [-0.05, 0) is 51.8 Å². The van der Waals surface area contributed by atoms with E-state index in [0.29, 0.717) is 17.7 Å². The van der Waals surface area contributed by atoms with Crippen LogP contribution in [0.25, 0.3) is 0 Å². The summed E-state index contributed by atoms with van der Waals surface area (Å²) in [5, 5.41) is 2.49. The molecule has 3 N–H and O–H groups in total. The van der Waals surface area contributed by atoms with Gasteiger partial charge < -0.3 is 10.5 Å². The van der Waals surface area contributed by atoms with Crippen LogP contribution in [0.4, 0.5) is 14.9 Å². The minimum atomic E-state index is -0.605. The van der Waals surface area contributed by atoms with Crippen molar-refractivity contribution in [2.75, 3.05) is 5.32 Å². The van der Waals surface area contributed by atoms with Gasteiger partial charge in [0.05, 0.1) is 0 Å². The van der Waals surface area contributed by atoms with Crippen molar-refractivity contribution in [3.05, 3.63) is 29.6 Å².